The Kier molecular flexibility index (Phi) is 6.55. The molecule has 4 atom stereocenters. The van der Waals surface area contributed by atoms with Crippen LogP contribution in [0.3, 0.4) is 0 Å². The number of nitrogens with zero attached hydrogens (tertiary/aromatic N) is 3. The summed E-state index contributed by atoms with van der Waals surface area (Å²) in [5.74, 6) is -0.720. The summed E-state index contributed by atoms with van der Waals surface area (Å²) in [7, 11) is 4.99. The third-order valence-electron chi connectivity index (χ3n) is 7.10. The van der Waals surface area contributed by atoms with Crippen molar-refractivity contribution in [2.45, 2.75) is 31.1 Å². The van der Waals surface area contributed by atoms with Gasteiger partial charge in [0.25, 0.3) is 0 Å². The standard InChI is InChI=1S/C26H28ClFN6O3/c1-29-25(36)33-13-18(15-7-4-5-10-19(15)33)30-26(37)34-20-11-14(20)12-21(34)24(35)31-23(32(2)3)16-8-6-9-17(27)22(16)28/h4-10,13-14,20-21,23H,11-12H2,1-3H3,(H,29,36)(H,30,37)(H,31,35)/t14-,20-,21+,23-/m1/s1. The minimum absolute atomic E-state index is 0.0300. The normalized spacial score (nSPS) is 21.0. The Morgan fingerprint density at radius 3 is 2.57 bits per heavy atom. The summed E-state index contributed by atoms with van der Waals surface area (Å²) in [5, 5.41) is 9.07. The van der Waals surface area contributed by atoms with E-state index >= 15 is 0 Å². The number of hydrogen-bond acceptors (Lipinski definition) is 4. The van der Waals surface area contributed by atoms with Gasteiger partial charge in [-0.1, -0.05) is 41.9 Å². The highest BCUT2D eigenvalue weighted by molar-refractivity contribution is 6.30. The number of amides is 4. The second-order valence-corrected chi connectivity index (χ2v) is 10.1. The maximum absolute atomic E-state index is 14.8. The predicted octanol–water partition coefficient (Wildman–Crippen LogP) is 3.99. The summed E-state index contributed by atoms with van der Waals surface area (Å²) in [6.07, 6.45) is 2.17. The van der Waals surface area contributed by atoms with E-state index in [1.165, 1.54) is 17.7 Å². The number of hydrogen-bond donors (Lipinski definition) is 3. The number of urea groups is 1. The van der Waals surface area contributed by atoms with Crippen molar-refractivity contribution in [1.29, 1.82) is 0 Å². The summed E-state index contributed by atoms with van der Waals surface area (Å²) in [4.78, 5) is 42.5. The van der Waals surface area contributed by atoms with Gasteiger partial charge in [-0.2, -0.15) is 0 Å². The molecular weight excluding hydrogens is 499 g/mol. The predicted molar refractivity (Wildman–Crippen MR) is 139 cm³/mol. The Morgan fingerprint density at radius 2 is 1.84 bits per heavy atom. The molecule has 3 N–H and O–H groups in total. The molecule has 1 aliphatic heterocycles. The number of nitrogens with one attached hydrogen (secondary N) is 3. The van der Waals surface area contributed by atoms with E-state index in [1.54, 1.807) is 48.3 Å². The molecule has 1 saturated carbocycles. The summed E-state index contributed by atoms with van der Waals surface area (Å²) in [6, 6.07) is 10.4. The Balaban J connectivity index is 1.38. The molecule has 11 heteroatoms. The minimum atomic E-state index is -0.765. The second kappa shape index (κ2) is 9.68. The average Bonchev–Trinajstić information content (AvgIpc) is 3.39. The monoisotopic (exact) mass is 526 g/mol. The second-order valence-electron chi connectivity index (χ2n) is 9.65. The van der Waals surface area contributed by atoms with Gasteiger partial charge in [0.1, 0.15) is 18.0 Å². The van der Waals surface area contributed by atoms with E-state index in [0.29, 0.717) is 23.0 Å². The van der Waals surface area contributed by atoms with Crippen molar-refractivity contribution in [2.75, 3.05) is 26.5 Å². The van der Waals surface area contributed by atoms with Crippen LogP contribution in [0.15, 0.2) is 48.7 Å². The van der Waals surface area contributed by atoms with Crippen molar-refractivity contribution in [1.82, 2.24) is 25.0 Å². The van der Waals surface area contributed by atoms with Gasteiger partial charge in [0.05, 0.1) is 16.2 Å². The van der Waals surface area contributed by atoms with E-state index < -0.39 is 24.1 Å². The number of likely N-dealkylation sites (tertiary alicyclic amines) is 1. The van der Waals surface area contributed by atoms with E-state index in [1.807, 2.05) is 18.2 Å². The van der Waals surface area contributed by atoms with Gasteiger partial charge in [0, 0.05) is 30.2 Å². The number of piperidine rings is 1. The minimum Gasteiger partial charge on any atom is -0.340 e. The summed E-state index contributed by atoms with van der Waals surface area (Å²) in [6.45, 7) is 0. The number of benzene rings is 2. The van der Waals surface area contributed by atoms with Gasteiger partial charge >= 0.3 is 12.1 Å². The summed E-state index contributed by atoms with van der Waals surface area (Å²) in [5.41, 5.74) is 1.36. The molecule has 4 amide bonds. The molecule has 3 aromatic rings. The number of anilines is 1. The summed E-state index contributed by atoms with van der Waals surface area (Å²) < 4.78 is 16.2. The molecule has 1 saturated heterocycles. The third-order valence-corrected chi connectivity index (χ3v) is 7.39. The van der Waals surface area contributed by atoms with E-state index in [4.69, 9.17) is 11.6 Å². The first-order valence-electron chi connectivity index (χ1n) is 12.0. The molecular formula is C26H28ClFN6O3. The zero-order valence-corrected chi connectivity index (χ0v) is 21.4. The van der Waals surface area contributed by atoms with Gasteiger partial charge in [0.2, 0.25) is 5.91 Å². The Hall–Kier alpha value is -3.63. The SMILES string of the molecule is CNC(=O)n1cc(NC(=O)N2[C@@H]3C[C@@H]3C[C@H]2C(=O)N[C@@H](c2cccc(Cl)c2F)N(C)C)c2ccccc21. The van der Waals surface area contributed by atoms with Crippen molar-refractivity contribution >= 4 is 46.2 Å². The first-order valence-corrected chi connectivity index (χ1v) is 12.4. The molecule has 2 heterocycles. The van der Waals surface area contributed by atoms with Crippen LogP contribution in [0.4, 0.5) is 19.7 Å². The van der Waals surface area contributed by atoms with E-state index in [0.717, 1.165) is 6.42 Å². The van der Waals surface area contributed by atoms with Crippen LogP contribution in [0, 0.1) is 11.7 Å². The Bertz CT molecular complexity index is 1390. The number of carbonyl (C=O) groups excluding carboxylic acids is 3. The number of rotatable bonds is 5. The van der Waals surface area contributed by atoms with Crippen LogP contribution < -0.4 is 16.0 Å². The van der Waals surface area contributed by atoms with Gasteiger partial charge < -0.3 is 20.9 Å². The Morgan fingerprint density at radius 1 is 1.08 bits per heavy atom. The quantitative estimate of drug-likeness (QED) is 0.438. The van der Waals surface area contributed by atoms with Crippen molar-refractivity contribution in [2.24, 2.45) is 5.92 Å². The molecule has 2 aromatic carbocycles. The lowest BCUT2D eigenvalue weighted by molar-refractivity contribution is -0.127. The number of fused-ring (bicyclic) bond motifs is 2. The number of para-hydroxylation sites is 1. The fourth-order valence-corrected chi connectivity index (χ4v) is 5.36. The van der Waals surface area contributed by atoms with Crippen LogP contribution in [0.1, 0.15) is 24.6 Å². The molecule has 1 aromatic heterocycles. The molecule has 5 rings (SSSR count). The fourth-order valence-electron chi connectivity index (χ4n) is 5.18. The first kappa shape index (κ1) is 25.0. The van der Waals surface area contributed by atoms with Crippen LogP contribution >= 0.6 is 11.6 Å². The lowest BCUT2D eigenvalue weighted by atomic mass is 10.1. The largest absolute Gasteiger partial charge is 0.340 e. The molecule has 0 radical (unpaired) electrons. The van der Waals surface area contributed by atoms with Crippen molar-refractivity contribution in [3.8, 4) is 0 Å². The topological polar surface area (TPSA) is 98.7 Å². The van der Waals surface area contributed by atoms with Gasteiger partial charge in [-0.25, -0.2) is 14.0 Å². The molecule has 37 heavy (non-hydrogen) atoms. The lowest BCUT2D eigenvalue weighted by Gasteiger charge is -2.31. The van der Waals surface area contributed by atoms with Crippen LogP contribution in [-0.4, -0.2) is 65.6 Å². The van der Waals surface area contributed by atoms with Crippen LogP contribution in [0.5, 0.6) is 0 Å². The molecule has 2 fully saturated rings. The number of carbonyl (C=O) groups is 3. The molecule has 0 unspecified atom stereocenters. The fraction of sp³-hybridized carbons (Fsp3) is 0.346. The van der Waals surface area contributed by atoms with Crippen molar-refractivity contribution in [3.63, 3.8) is 0 Å². The molecule has 9 nitrogen and oxygen atoms in total. The molecule has 0 spiro atoms. The van der Waals surface area contributed by atoms with Crippen molar-refractivity contribution < 1.29 is 18.8 Å². The first-order chi connectivity index (χ1) is 17.7. The van der Waals surface area contributed by atoms with E-state index in [9.17, 15) is 18.8 Å². The van der Waals surface area contributed by atoms with E-state index in [-0.39, 0.29) is 34.5 Å². The van der Waals surface area contributed by atoms with Gasteiger partial charge in [-0.3, -0.25) is 14.3 Å². The van der Waals surface area contributed by atoms with Crippen LogP contribution in [-0.2, 0) is 4.79 Å². The van der Waals surface area contributed by atoms with Gasteiger partial charge in [0.15, 0.2) is 0 Å². The van der Waals surface area contributed by atoms with Crippen LogP contribution in [0.25, 0.3) is 10.9 Å². The maximum Gasteiger partial charge on any atom is 0.325 e. The number of halogens is 2. The Labute approximate surface area is 218 Å². The molecule has 0 bridgehead atoms. The summed E-state index contributed by atoms with van der Waals surface area (Å²) >= 11 is 5.97. The highest BCUT2D eigenvalue weighted by atomic mass is 35.5. The highest BCUT2D eigenvalue weighted by Gasteiger charge is 2.56. The zero-order chi connectivity index (χ0) is 26.4. The van der Waals surface area contributed by atoms with Crippen molar-refractivity contribution in [3.05, 3.63) is 65.1 Å². The smallest absolute Gasteiger partial charge is 0.325 e. The molecule has 2 aliphatic rings. The average molecular weight is 527 g/mol. The van der Waals surface area contributed by atoms with Gasteiger partial charge in [-0.15, -0.1) is 0 Å². The zero-order valence-electron chi connectivity index (χ0n) is 20.7. The maximum atomic E-state index is 14.8. The van der Waals surface area contributed by atoms with Crippen LogP contribution in [0.2, 0.25) is 5.02 Å². The lowest BCUT2D eigenvalue weighted by Crippen LogP contribution is -2.51. The molecule has 1 aliphatic carbocycles. The van der Waals surface area contributed by atoms with Gasteiger partial charge in [-0.05, 0) is 45.0 Å². The third kappa shape index (κ3) is 4.51. The van der Waals surface area contributed by atoms with E-state index in [2.05, 4.69) is 16.0 Å². The highest BCUT2D eigenvalue weighted by Crippen LogP contribution is 2.48. The number of aromatic nitrogens is 1. The molecule has 194 valence electrons.